The molecule has 0 radical (unpaired) electrons. The van der Waals surface area contributed by atoms with Crippen molar-refractivity contribution in [2.45, 2.75) is 38.1 Å². The van der Waals surface area contributed by atoms with Crippen LogP contribution in [0, 0.1) is 11.8 Å². The van der Waals surface area contributed by atoms with Crippen molar-refractivity contribution in [2.24, 2.45) is 17.6 Å². The molecule has 1 unspecified atom stereocenters. The Labute approximate surface area is 102 Å². The van der Waals surface area contributed by atoms with Gasteiger partial charge < -0.3 is 16.4 Å². The number of carbonyl (C=O) groups excluding carboxylic acids is 2. The van der Waals surface area contributed by atoms with Crippen LogP contribution in [0.25, 0.3) is 0 Å². The van der Waals surface area contributed by atoms with Crippen LogP contribution in [0.5, 0.6) is 0 Å². The van der Waals surface area contributed by atoms with Crippen molar-refractivity contribution in [3.05, 3.63) is 0 Å². The summed E-state index contributed by atoms with van der Waals surface area (Å²) in [6.07, 6.45) is 4.74. The van der Waals surface area contributed by atoms with E-state index in [-0.39, 0.29) is 23.8 Å². The molecule has 0 aromatic rings. The summed E-state index contributed by atoms with van der Waals surface area (Å²) in [5, 5.41) is 5.58. The molecule has 4 N–H and O–H groups in total. The van der Waals surface area contributed by atoms with E-state index in [0.717, 1.165) is 25.7 Å². The molecule has 2 aliphatic rings. The van der Waals surface area contributed by atoms with Crippen LogP contribution in [0.15, 0.2) is 0 Å². The van der Waals surface area contributed by atoms with Crippen molar-refractivity contribution >= 4 is 11.8 Å². The van der Waals surface area contributed by atoms with Crippen LogP contribution in [-0.2, 0) is 9.59 Å². The number of amides is 2. The first-order valence-corrected chi connectivity index (χ1v) is 6.47. The van der Waals surface area contributed by atoms with Gasteiger partial charge >= 0.3 is 0 Å². The van der Waals surface area contributed by atoms with Crippen LogP contribution in [0.3, 0.4) is 0 Å². The molecule has 2 fully saturated rings. The lowest BCUT2D eigenvalue weighted by molar-refractivity contribution is -0.123. The SMILES string of the molecule is NC(CC(=O)NCCNC(=O)C1CC1)C1CC1. The minimum Gasteiger partial charge on any atom is -0.354 e. The van der Waals surface area contributed by atoms with E-state index in [1.54, 1.807) is 0 Å². The van der Waals surface area contributed by atoms with E-state index in [9.17, 15) is 9.59 Å². The number of nitrogens with one attached hydrogen (secondary N) is 2. The fourth-order valence-electron chi connectivity index (χ4n) is 1.85. The minimum atomic E-state index is -0.00919. The maximum atomic E-state index is 11.5. The van der Waals surface area contributed by atoms with Gasteiger partial charge in [-0.15, -0.1) is 0 Å². The van der Waals surface area contributed by atoms with E-state index in [1.165, 1.54) is 0 Å². The highest BCUT2D eigenvalue weighted by Gasteiger charge is 2.30. The first kappa shape index (κ1) is 12.4. The Bertz CT molecular complexity index is 298. The summed E-state index contributed by atoms with van der Waals surface area (Å²) in [4.78, 5) is 22.8. The fourth-order valence-corrected chi connectivity index (χ4v) is 1.85. The molecule has 0 heterocycles. The predicted octanol–water partition coefficient (Wildman–Crippen LogP) is -0.244. The summed E-state index contributed by atoms with van der Waals surface area (Å²) < 4.78 is 0. The molecule has 0 aromatic carbocycles. The molecule has 1 atom stereocenters. The quantitative estimate of drug-likeness (QED) is 0.536. The number of rotatable bonds is 7. The van der Waals surface area contributed by atoms with Crippen LogP contribution in [0.4, 0.5) is 0 Å². The number of carbonyl (C=O) groups is 2. The molecule has 2 saturated carbocycles. The third-order valence-corrected chi connectivity index (χ3v) is 3.34. The topological polar surface area (TPSA) is 84.2 Å². The van der Waals surface area contributed by atoms with Gasteiger partial charge in [0.05, 0.1) is 0 Å². The van der Waals surface area contributed by atoms with Gasteiger partial charge in [0.25, 0.3) is 0 Å². The summed E-state index contributed by atoms with van der Waals surface area (Å²) in [6.45, 7) is 1.01. The third kappa shape index (κ3) is 4.34. The number of hydrogen-bond acceptors (Lipinski definition) is 3. The highest BCUT2D eigenvalue weighted by Crippen LogP contribution is 2.32. The van der Waals surface area contributed by atoms with Gasteiger partial charge in [0.2, 0.25) is 11.8 Å². The van der Waals surface area contributed by atoms with E-state index >= 15 is 0 Å². The van der Waals surface area contributed by atoms with E-state index in [1.807, 2.05) is 0 Å². The van der Waals surface area contributed by atoms with E-state index in [4.69, 9.17) is 5.73 Å². The summed E-state index contributed by atoms with van der Waals surface area (Å²) in [5.41, 5.74) is 5.85. The summed E-state index contributed by atoms with van der Waals surface area (Å²) in [7, 11) is 0. The molecule has 17 heavy (non-hydrogen) atoms. The second-order valence-corrected chi connectivity index (χ2v) is 5.12. The van der Waals surface area contributed by atoms with Gasteiger partial charge in [-0.1, -0.05) is 0 Å². The Morgan fingerprint density at radius 3 is 2.35 bits per heavy atom. The smallest absolute Gasteiger partial charge is 0.223 e. The Morgan fingerprint density at radius 1 is 1.12 bits per heavy atom. The molecule has 5 nitrogen and oxygen atoms in total. The molecular formula is C12H21N3O2. The second-order valence-electron chi connectivity index (χ2n) is 5.12. The summed E-state index contributed by atoms with van der Waals surface area (Å²) >= 11 is 0. The van der Waals surface area contributed by atoms with E-state index in [0.29, 0.717) is 25.4 Å². The maximum Gasteiger partial charge on any atom is 0.223 e. The van der Waals surface area contributed by atoms with Gasteiger partial charge in [-0.05, 0) is 31.6 Å². The van der Waals surface area contributed by atoms with Crippen molar-refractivity contribution in [1.29, 1.82) is 0 Å². The molecule has 2 aliphatic carbocycles. The Morgan fingerprint density at radius 2 is 1.76 bits per heavy atom. The van der Waals surface area contributed by atoms with Crippen LogP contribution in [-0.4, -0.2) is 30.9 Å². The van der Waals surface area contributed by atoms with Crippen LogP contribution < -0.4 is 16.4 Å². The van der Waals surface area contributed by atoms with Crippen LogP contribution in [0.2, 0.25) is 0 Å². The average Bonchev–Trinajstić information content (AvgIpc) is 3.18. The zero-order chi connectivity index (χ0) is 12.3. The highest BCUT2D eigenvalue weighted by molar-refractivity contribution is 5.81. The molecule has 96 valence electrons. The zero-order valence-electron chi connectivity index (χ0n) is 10.1. The number of hydrogen-bond donors (Lipinski definition) is 3. The minimum absolute atomic E-state index is 0.00919. The summed E-state index contributed by atoms with van der Waals surface area (Å²) in [5.74, 6) is 0.892. The Balaban J connectivity index is 1.48. The predicted molar refractivity (Wildman–Crippen MR) is 64.1 cm³/mol. The lowest BCUT2D eigenvalue weighted by atomic mass is 10.1. The van der Waals surface area contributed by atoms with Crippen molar-refractivity contribution in [3.8, 4) is 0 Å². The molecule has 2 rings (SSSR count). The summed E-state index contributed by atoms with van der Waals surface area (Å²) in [6, 6.07) is 0.0102. The van der Waals surface area contributed by atoms with E-state index in [2.05, 4.69) is 10.6 Å². The van der Waals surface area contributed by atoms with Crippen molar-refractivity contribution in [2.75, 3.05) is 13.1 Å². The van der Waals surface area contributed by atoms with Crippen LogP contribution in [0.1, 0.15) is 32.1 Å². The molecule has 0 saturated heterocycles. The van der Waals surface area contributed by atoms with E-state index < -0.39 is 0 Å². The first-order chi connectivity index (χ1) is 8.16. The normalized spacial score (nSPS) is 20.8. The molecular weight excluding hydrogens is 218 g/mol. The largest absolute Gasteiger partial charge is 0.354 e. The fraction of sp³-hybridized carbons (Fsp3) is 0.833. The Kier molecular flexibility index (Phi) is 3.99. The van der Waals surface area contributed by atoms with Gasteiger partial charge in [-0.2, -0.15) is 0 Å². The molecule has 0 aliphatic heterocycles. The Hall–Kier alpha value is -1.10. The first-order valence-electron chi connectivity index (χ1n) is 6.47. The van der Waals surface area contributed by atoms with Gasteiger partial charge in [0.15, 0.2) is 0 Å². The molecule has 5 heteroatoms. The average molecular weight is 239 g/mol. The zero-order valence-corrected chi connectivity index (χ0v) is 10.1. The standard InChI is InChI=1S/C12H21N3O2/c13-10(8-1-2-8)7-11(16)14-5-6-15-12(17)9-3-4-9/h8-10H,1-7,13H2,(H,14,16)(H,15,17). The van der Waals surface area contributed by atoms with Gasteiger partial charge in [-0.25, -0.2) is 0 Å². The van der Waals surface area contributed by atoms with Crippen molar-refractivity contribution in [3.63, 3.8) is 0 Å². The maximum absolute atomic E-state index is 11.5. The highest BCUT2D eigenvalue weighted by atomic mass is 16.2. The molecule has 2 amide bonds. The lowest BCUT2D eigenvalue weighted by Gasteiger charge is -2.10. The lowest BCUT2D eigenvalue weighted by Crippen LogP contribution is -2.38. The van der Waals surface area contributed by atoms with Gasteiger partial charge in [0, 0.05) is 31.5 Å². The van der Waals surface area contributed by atoms with Crippen LogP contribution >= 0.6 is 0 Å². The number of nitrogens with two attached hydrogens (primary N) is 1. The monoisotopic (exact) mass is 239 g/mol. The van der Waals surface area contributed by atoms with Gasteiger partial charge in [-0.3, -0.25) is 9.59 Å². The molecule has 0 spiro atoms. The molecule has 0 aromatic heterocycles. The van der Waals surface area contributed by atoms with Crippen molar-refractivity contribution in [1.82, 2.24) is 10.6 Å². The third-order valence-electron chi connectivity index (χ3n) is 3.34. The van der Waals surface area contributed by atoms with Gasteiger partial charge in [0.1, 0.15) is 0 Å². The van der Waals surface area contributed by atoms with Crippen molar-refractivity contribution < 1.29 is 9.59 Å². The second kappa shape index (κ2) is 5.49. The molecule has 0 bridgehead atoms.